The molecule has 0 atom stereocenters. The second-order valence-electron chi connectivity index (χ2n) is 11.7. The van der Waals surface area contributed by atoms with Crippen molar-refractivity contribution in [3.63, 3.8) is 0 Å². The predicted octanol–water partition coefficient (Wildman–Crippen LogP) is 20.5. The van der Waals surface area contributed by atoms with Gasteiger partial charge in [0, 0.05) is 61.7 Å². The van der Waals surface area contributed by atoms with Crippen LogP contribution in [0.1, 0.15) is 206 Å². The first kappa shape index (κ1) is 83.3. The van der Waals surface area contributed by atoms with Crippen LogP contribution in [-0.4, -0.2) is 37.4 Å². The van der Waals surface area contributed by atoms with Gasteiger partial charge in [-0.25, -0.2) is 4.98 Å². The van der Waals surface area contributed by atoms with Crippen molar-refractivity contribution in [3.8, 4) is 0 Å². The van der Waals surface area contributed by atoms with Gasteiger partial charge in [-0.15, -0.1) is 11.3 Å². The molecule has 4 aliphatic rings. The molecule has 72 heavy (non-hydrogen) atoms. The monoisotopic (exact) mass is 1010 g/mol. The SMILES string of the molecule is C1=CCCC1.C1=Cc2ccccc2C1.C1CCCCC1.CC.CC.CC.CC.CC.CC.CC.CC.CC.O=C1CCCN1.c1ccccc1.c1ccncc1.c1cnccn1.c1cocn1.c1cscn1. The van der Waals surface area contributed by atoms with Crippen molar-refractivity contribution in [3.05, 3.63) is 181 Å². The normalized spacial score (nSPS) is 10.8. The number of nitrogens with zero attached hydrogens (tertiary/aromatic N) is 5. The number of amides is 1. The van der Waals surface area contributed by atoms with Crippen LogP contribution < -0.4 is 5.32 Å². The van der Waals surface area contributed by atoms with E-state index in [1.54, 1.807) is 66.4 Å². The number of carbonyl (C=O) groups is 1. The average Bonchev–Trinajstić information content (AvgIpc) is 4.40. The molecule has 6 aromatic rings. The fraction of sp³-hybridized carbons (Fsp3) is 0.492. The van der Waals surface area contributed by atoms with Gasteiger partial charge in [0.2, 0.25) is 5.91 Å². The lowest BCUT2D eigenvalue weighted by Crippen LogP contribution is -2.12. The minimum Gasteiger partial charge on any atom is -0.452 e. The molecular formula is C63H110N6O2S. The number of hydrogen-bond donors (Lipinski definition) is 1. The van der Waals surface area contributed by atoms with Gasteiger partial charge in [-0.3, -0.25) is 24.7 Å². The number of allylic oxidation sites excluding steroid dienone is 3. The first-order chi connectivity index (χ1) is 35.9. The fourth-order valence-corrected chi connectivity index (χ4v) is 5.06. The molecule has 10 rings (SSSR count). The lowest BCUT2D eigenvalue weighted by molar-refractivity contribution is -0.119. The Balaban J connectivity index is -0.000000103. The van der Waals surface area contributed by atoms with Crippen molar-refractivity contribution in [2.75, 3.05) is 6.54 Å². The number of thiazole rings is 1. The molecule has 0 spiro atoms. The van der Waals surface area contributed by atoms with Gasteiger partial charge in [-0.2, -0.15) is 0 Å². The Hall–Kier alpha value is -5.54. The summed E-state index contributed by atoms with van der Waals surface area (Å²) in [6, 6.07) is 26.2. The summed E-state index contributed by atoms with van der Waals surface area (Å²) in [7, 11) is 0. The van der Waals surface area contributed by atoms with E-state index in [-0.39, 0.29) is 5.91 Å². The van der Waals surface area contributed by atoms with Crippen molar-refractivity contribution < 1.29 is 9.21 Å². The van der Waals surface area contributed by atoms with Crippen LogP contribution in [0, 0.1) is 0 Å². The second-order valence-corrected chi connectivity index (χ2v) is 12.5. The molecule has 3 aliphatic carbocycles. The highest BCUT2D eigenvalue weighted by Crippen LogP contribution is 2.17. The van der Waals surface area contributed by atoms with Crippen molar-refractivity contribution in [1.82, 2.24) is 30.2 Å². The molecule has 4 aromatic heterocycles. The number of fused-ring (bicyclic) bond motifs is 1. The van der Waals surface area contributed by atoms with E-state index in [4.69, 9.17) is 0 Å². The summed E-state index contributed by atoms with van der Waals surface area (Å²) in [4.78, 5) is 28.7. The number of benzene rings is 2. The highest BCUT2D eigenvalue weighted by molar-refractivity contribution is 7.07. The van der Waals surface area contributed by atoms with E-state index in [9.17, 15) is 4.79 Å². The Morgan fingerprint density at radius 3 is 1.11 bits per heavy atom. The van der Waals surface area contributed by atoms with Crippen LogP contribution in [0.15, 0.2) is 175 Å². The average molecular weight is 1020 g/mol. The molecule has 1 aliphatic heterocycles. The maximum Gasteiger partial charge on any atom is 0.220 e. The molecule has 1 saturated carbocycles. The zero-order chi connectivity index (χ0) is 56.1. The van der Waals surface area contributed by atoms with Gasteiger partial charge in [0.1, 0.15) is 6.26 Å². The quantitative estimate of drug-likeness (QED) is 0.151. The van der Waals surface area contributed by atoms with Crippen molar-refractivity contribution in [2.24, 2.45) is 0 Å². The zero-order valence-corrected chi connectivity index (χ0v) is 50.2. The van der Waals surface area contributed by atoms with Crippen LogP contribution in [0.4, 0.5) is 0 Å². The lowest BCUT2D eigenvalue weighted by atomic mass is 10.0. The summed E-state index contributed by atoms with van der Waals surface area (Å²) in [5.74, 6) is 0.204. The minimum atomic E-state index is 0.204. The molecular weight excluding hydrogens is 905 g/mol. The van der Waals surface area contributed by atoms with Gasteiger partial charge in [0.15, 0.2) is 6.39 Å². The number of pyridine rings is 1. The predicted molar refractivity (Wildman–Crippen MR) is 326 cm³/mol. The third kappa shape index (κ3) is 78.6. The number of oxazole rings is 1. The van der Waals surface area contributed by atoms with Crippen LogP contribution in [0.5, 0.6) is 0 Å². The number of nitrogens with one attached hydrogen (secondary N) is 1. The molecule has 8 nitrogen and oxygen atoms in total. The molecule has 0 bridgehead atoms. The van der Waals surface area contributed by atoms with E-state index in [0.717, 1.165) is 25.8 Å². The van der Waals surface area contributed by atoms with E-state index in [0.29, 0.717) is 0 Å². The highest BCUT2D eigenvalue weighted by atomic mass is 32.1. The Kier molecular flexibility index (Phi) is 110. The number of carbonyl (C=O) groups excluding carboxylic acids is 1. The molecule has 9 heteroatoms. The maximum atomic E-state index is 10.1. The van der Waals surface area contributed by atoms with Crippen LogP contribution >= 0.6 is 11.3 Å². The molecule has 5 heterocycles. The largest absolute Gasteiger partial charge is 0.452 e. The second kappa shape index (κ2) is 95.2. The Labute approximate surface area is 450 Å². The lowest BCUT2D eigenvalue weighted by Gasteiger charge is -2.05. The van der Waals surface area contributed by atoms with E-state index in [1.807, 2.05) is 185 Å². The van der Waals surface area contributed by atoms with E-state index in [1.165, 1.54) is 81.6 Å². The summed E-state index contributed by atoms with van der Waals surface area (Å²) < 4.78 is 4.47. The van der Waals surface area contributed by atoms with Gasteiger partial charge in [-0.1, -0.05) is 254 Å². The van der Waals surface area contributed by atoms with Gasteiger partial charge in [-0.05, 0) is 55.4 Å². The van der Waals surface area contributed by atoms with Gasteiger partial charge in [0.25, 0.3) is 0 Å². The van der Waals surface area contributed by atoms with Crippen molar-refractivity contribution >= 4 is 23.3 Å². The molecule has 410 valence electrons. The summed E-state index contributed by atoms with van der Waals surface area (Å²) in [5, 5.41) is 4.61. The highest BCUT2D eigenvalue weighted by Gasteiger charge is 2.05. The molecule has 2 fully saturated rings. The van der Waals surface area contributed by atoms with Gasteiger partial charge >= 0.3 is 0 Å². The number of aromatic nitrogens is 5. The van der Waals surface area contributed by atoms with Crippen molar-refractivity contribution in [2.45, 2.75) is 202 Å². The van der Waals surface area contributed by atoms with Crippen LogP contribution in [0.2, 0.25) is 0 Å². The number of rotatable bonds is 0. The zero-order valence-electron chi connectivity index (χ0n) is 49.4. The third-order valence-electron chi connectivity index (χ3n) is 7.41. The van der Waals surface area contributed by atoms with E-state index < -0.39 is 0 Å². The fourth-order valence-electron chi connectivity index (χ4n) is 4.71. The molecule has 0 unspecified atom stereocenters. The molecule has 1 amide bonds. The van der Waals surface area contributed by atoms with Gasteiger partial charge in [0.05, 0.1) is 11.7 Å². The minimum absolute atomic E-state index is 0.204. The topological polar surface area (TPSA) is 107 Å². The summed E-state index contributed by atoms with van der Waals surface area (Å²) >= 11 is 1.60. The Bertz CT molecular complexity index is 1400. The Morgan fingerprint density at radius 1 is 0.444 bits per heavy atom. The van der Waals surface area contributed by atoms with Crippen LogP contribution in [-0.2, 0) is 11.2 Å². The maximum absolute atomic E-state index is 10.1. The number of hydrogen-bond acceptors (Lipinski definition) is 8. The summed E-state index contributed by atoms with van der Waals surface area (Å²) in [6.45, 7) is 36.9. The summed E-state index contributed by atoms with van der Waals surface area (Å²) in [5.41, 5.74) is 4.63. The van der Waals surface area contributed by atoms with E-state index >= 15 is 0 Å². The van der Waals surface area contributed by atoms with Crippen molar-refractivity contribution in [1.29, 1.82) is 0 Å². The first-order valence-corrected chi connectivity index (χ1v) is 28.7. The smallest absolute Gasteiger partial charge is 0.220 e. The first-order valence-electron chi connectivity index (χ1n) is 27.7. The molecule has 0 radical (unpaired) electrons. The van der Waals surface area contributed by atoms with Crippen LogP contribution in [0.3, 0.4) is 0 Å². The standard InChI is InChI=1S/C9H8.C6H12.C6H6.C5H5N.C5H8.C4H4N2.C4H7NO.C3H3NO.C3H3NS.9C2H6/c1-2-5-9-7-3-6-8(9)4-1;3*1-2-4-6-5-3-1;1-2-4-5-3-1;1-2-6-4-3-5-1;6-4-2-1-3-5-4;2*1-2-5-3-4-1;9*1-2/h1-6H,7H2;1-6H2;1-6H;1-5H;1-2H,3-5H2;1-4H;1-3H2,(H,5,6);2*1-3H;9*1-2H3. The molecule has 1 N–H and O–H groups in total. The third-order valence-corrected chi connectivity index (χ3v) is 7.93. The molecule has 2 aromatic carbocycles. The summed E-state index contributed by atoms with van der Waals surface area (Å²) in [6.07, 6.45) is 41.1. The van der Waals surface area contributed by atoms with Gasteiger partial charge < -0.3 is 9.73 Å². The van der Waals surface area contributed by atoms with E-state index in [2.05, 4.69) is 83.2 Å². The van der Waals surface area contributed by atoms with Crippen LogP contribution in [0.25, 0.3) is 6.08 Å². The molecule has 1 saturated heterocycles. The Morgan fingerprint density at radius 2 is 0.889 bits per heavy atom.